The lowest BCUT2D eigenvalue weighted by Gasteiger charge is -2.26. The van der Waals surface area contributed by atoms with E-state index in [1.807, 2.05) is 18.7 Å². The average molecular weight is 375 g/mol. The van der Waals surface area contributed by atoms with Crippen molar-refractivity contribution in [3.63, 3.8) is 0 Å². The summed E-state index contributed by atoms with van der Waals surface area (Å²) in [6, 6.07) is 11.2. The third kappa shape index (κ3) is 4.68. The van der Waals surface area contributed by atoms with E-state index in [4.69, 9.17) is 5.11 Å². The summed E-state index contributed by atoms with van der Waals surface area (Å²) < 4.78 is 0. The predicted molar refractivity (Wildman–Crippen MR) is 110 cm³/mol. The lowest BCUT2D eigenvalue weighted by Crippen LogP contribution is -2.24. The highest BCUT2D eigenvalue weighted by Crippen LogP contribution is 2.28. The Hall–Kier alpha value is -3.78. The molecule has 0 atom stereocenters. The van der Waals surface area contributed by atoms with Crippen molar-refractivity contribution >= 4 is 17.6 Å². The van der Waals surface area contributed by atoms with Crippen LogP contribution in [0.1, 0.15) is 45.7 Å². The van der Waals surface area contributed by atoms with Crippen LogP contribution >= 0.6 is 0 Å². The molecule has 2 rings (SSSR count). The molecule has 0 saturated carbocycles. The molecule has 0 aliphatic rings. The highest BCUT2D eigenvalue weighted by atomic mass is 16.4. The van der Waals surface area contributed by atoms with E-state index in [0.717, 1.165) is 5.70 Å². The number of carbonyl (C=O) groups is 2. The zero-order valence-electron chi connectivity index (χ0n) is 15.8. The first kappa shape index (κ1) is 20.5. The van der Waals surface area contributed by atoms with Crippen molar-refractivity contribution in [3.05, 3.63) is 89.1 Å². The van der Waals surface area contributed by atoms with Gasteiger partial charge in [0.1, 0.15) is 0 Å². The van der Waals surface area contributed by atoms with E-state index < -0.39 is 11.9 Å². The summed E-state index contributed by atoms with van der Waals surface area (Å²) in [5.74, 6) is 3.87. The van der Waals surface area contributed by atoms with Gasteiger partial charge in [-0.05, 0) is 50.3 Å². The lowest BCUT2D eigenvalue weighted by atomic mass is 10.0. The van der Waals surface area contributed by atoms with E-state index in [1.54, 1.807) is 36.4 Å². The summed E-state index contributed by atoms with van der Waals surface area (Å²) in [6.07, 6.45) is 3.44. The third-order valence-corrected chi connectivity index (χ3v) is 4.09. The Kier molecular flexibility index (Phi) is 6.78. The van der Waals surface area contributed by atoms with Gasteiger partial charge in [0.2, 0.25) is 0 Å². The maximum absolute atomic E-state index is 11.8. The van der Waals surface area contributed by atoms with E-state index >= 15 is 0 Å². The van der Waals surface area contributed by atoms with Crippen molar-refractivity contribution in [2.45, 2.75) is 13.8 Å². The van der Waals surface area contributed by atoms with Crippen LogP contribution in [0.3, 0.4) is 0 Å². The van der Waals surface area contributed by atoms with Crippen LogP contribution in [0.2, 0.25) is 0 Å². The molecule has 0 unspecified atom stereocenters. The van der Waals surface area contributed by atoms with Crippen molar-refractivity contribution in [2.75, 3.05) is 11.4 Å². The molecule has 0 amide bonds. The van der Waals surface area contributed by atoms with Crippen LogP contribution in [0.5, 0.6) is 0 Å². The number of aromatic carboxylic acids is 2. The van der Waals surface area contributed by atoms with Gasteiger partial charge in [-0.2, -0.15) is 0 Å². The lowest BCUT2D eigenvalue weighted by molar-refractivity contribution is 0.0686. The molecule has 0 aliphatic carbocycles. The number of allylic oxidation sites excluding steroid dienone is 3. The van der Waals surface area contributed by atoms with Gasteiger partial charge < -0.3 is 15.1 Å². The van der Waals surface area contributed by atoms with Crippen LogP contribution in [0.25, 0.3) is 0 Å². The minimum absolute atomic E-state index is 0.143. The van der Waals surface area contributed by atoms with Crippen molar-refractivity contribution in [1.82, 2.24) is 0 Å². The van der Waals surface area contributed by atoms with Gasteiger partial charge in [-0.15, -0.1) is 0 Å². The minimum atomic E-state index is -1.05. The molecule has 2 N–H and O–H groups in total. The Morgan fingerprint density at radius 1 is 1.11 bits per heavy atom. The molecular weight excluding hydrogens is 354 g/mol. The van der Waals surface area contributed by atoms with Crippen molar-refractivity contribution in [2.24, 2.45) is 0 Å². The van der Waals surface area contributed by atoms with Gasteiger partial charge >= 0.3 is 11.9 Å². The fourth-order valence-corrected chi connectivity index (χ4v) is 2.82. The predicted octanol–water partition coefficient (Wildman–Crippen LogP) is 4.40. The van der Waals surface area contributed by atoms with E-state index in [9.17, 15) is 14.7 Å². The van der Waals surface area contributed by atoms with Gasteiger partial charge in [-0.1, -0.05) is 36.6 Å². The molecule has 2 aromatic carbocycles. The molecule has 0 bridgehead atoms. The monoisotopic (exact) mass is 375 g/mol. The second kappa shape index (κ2) is 9.24. The number of anilines is 1. The fraction of sp³-hybridized carbons (Fsp3) is 0.130. The highest BCUT2D eigenvalue weighted by Gasteiger charge is 2.19. The molecule has 0 saturated heterocycles. The summed E-state index contributed by atoms with van der Waals surface area (Å²) in [5, 5.41) is 18.8. The van der Waals surface area contributed by atoms with E-state index in [2.05, 4.69) is 18.4 Å². The van der Waals surface area contributed by atoms with Crippen LogP contribution in [0, 0.1) is 11.8 Å². The zero-order valence-corrected chi connectivity index (χ0v) is 15.8. The molecule has 0 radical (unpaired) electrons. The number of rotatable bonds is 6. The second-order valence-electron chi connectivity index (χ2n) is 5.93. The van der Waals surface area contributed by atoms with Crippen LogP contribution < -0.4 is 4.90 Å². The summed E-state index contributed by atoms with van der Waals surface area (Å²) in [7, 11) is 0. The Morgan fingerprint density at radius 3 is 2.43 bits per heavy atom. The number of hydrogen-bond acceptors (Lipinski definition) is 3. The molecule has 2 aromatic rings. The Morgan fingerprint density at radius 2 is 1.82 bits per heavy atom. The second-order valence-corrected chi connectivity index (χ2v) is 5.93. The molecule has 0 fully saturated rings. The van der Waals surface area contributed by atoms with Crippen LogP contribution in [0.4, 0.5) is 5.69 Å². The normalized spacial score (nSPS) is 10.6. The van der Waals surface area contributed by atoms with Gasteiger partial charge in [-0.3, -0.25) is 0 Å². The standard InChI is InChI=1S/C23H21NO4/c1-4-8-16(3)24(5-2)21-18(10-7-12-20(21)23(27)28)14-13-17-9-6-11-19(15-17)22(25)26/h4,6-12,15H,1,5H2,2-3H3,(H,25,26)(H,27,28)/b16-8-. The zero-order chi connectivity index (χ0) is 20.7. The van der Waals surface area contributed by atoms with Crippen molar-refractivity contribution < 1.29 is 19.8 Å². The summed E-state index contributed by atoms with van der Waals surface area (Å²) >= 11 is 0. The number of hydrogen-bond donors (Lipinski definition) is 2. The third-order valence-electron chi connectivity index (χ3n) is 4.09. The molecule has 5 nitrogen and oxygen atoms in total. The van der Waals surface area contributed by atoms with Crippen LogP contribution in [-0.4, -0.2) is 28.7 Å². The number of carboxylic acid groups (broad SMARTS) is 2. The molecule has 28 heavy (non-hydrogen) atoms. The molecular formula is C23H21NO4. The Balaban J connectivity index is 2.63. The van der Waals surface area contributed by atoms with E-state index in [0.29, 0.717) is 23.4 Å². The first-order valence-electron chi connectivity index (χ1n) is 8.67. The SMILES string of the molecule is C=C/C=C(/C)N(CC)c1c(C#Cc2cccc(C(=O)O)c2)cccc1C(=O)O. The first-order chi connectivity index (χ1) is 13.4. The molecule has 0 aliphatic heterocycles. The number of benzene rings is 2. The molecule has 0 spiro atoms. The molecule has 142 valence electrons. The summed E-state index contributed by atoms with van der Waals surface area (Å²) in [6.45, 7) is 8.04. The average Bonchev–Trinajstić information content (AvgIpc) is 2.67. The van der Waals surface area contributed by atoms with Gasteiger partial charge in [-0.25, -0.2) is 9.59 Å². The van der Waals surface area contributed by atoms with E-state index in [-0.39, 0.29) is 11.1 Å². The number of nitrogens with zero attached hydrogens (tertiary/aromatic N) is 1. The molecule has 0 aromatic heterocycles. The summed E-state index contributed by atoms with van der Waals surface area (Å²) in [4.78, 5) is 24.8. The van der Waals surface area contributed by atoms with Gasteiger partial charge in [0, 0.05) is 23.4 Å². The Bertz CT molecular complexity index is 1010. The molecule has 5 heteroatoms. The van der Waals surface area contributed by atoms with Crippen LogP contribution in [0.15, 0.2) is 66.9 Å². The number of para-hydroxylation sites is 1. The van der Waals surface area contributed by atoms with E-state index in [1.165, 1.54) is 18.2 Å². The highest BCUT2D eigenvalue weighted by molar-refractivity contribution is 5.96. The quantitative estimate of drug-likeness (QED) is 0.578. The first-order valence-corrected chi connectivity index (χ1v) is 8.67. The van der Waals surface area contributed by atoms with Gasteiger partial charge in [0.05, 0.1) is 16.8 Å². The van der Waals surface area contributed by atoms with Crippen molar-refractivity contribution in [3.8, 4) is 11.8 Å². The van der Waals surface area contributed by atoms with Gasteiger partial charge in [0.15, 0.2) is 0 Å². The smallest absolute Gasteiger partial charge is 0.337 e. The van der Waals surface area contributed by atoms with Gasteiger partial charge in [0.25, 0.3) is 0 Å². The molecule has 0 heterocycles. The maximum atomic E-state index is 11.8. The van der Waals surface area contributed by atoms with Crippen molar-refractivity contribution in [1.29, 1.82) is 0 Å². The Labute approximate surface area is 164 Å². The van der Waals surface area contributed by atoms with Crippen LogP contribution in [-0.2, 0) is 0 Å². The fourth-order valence-electron chi connectivity index (χ4n) is 2.82. The minimum Gasteiger partial charge on any atom is -0.478 e. The number of carboxylic acids is 2. The maximum Gasteiger partial charge on any atom is 0.337 e. The largest absolute Gasteiger partial charge is 0.478 e. The summed E-state index contributed by atoms with van der Waals surface area (Å²) in [5.41, 5.74) is 2.69. The topological polar surface area (TPSA) is 77.8 Å².